The number of phenolic OH excluding ortho intramolecular Hbond substituents is 1. The second kappa shape index (κ2) is 6.23. The number of phenols is 1. The van der Waals surface area contributed by atoms with Crippen LogP contribution in [0.1, 0.15) is 18.6 Å². The number of aliphatic hydroxyl groups excluding tert-OH is 1. The third kappa shape index (κ3) is 3.12. The molecule has 0 spiro atoms. The quantitative estimate of drug-likeness (QED) is 0.655. The van der Waals surface area contributed by atoms with Gasteiger partial charge < -0.3 is 25.4 Å². The molecule has 1 aromatic rings. The molecule has 18 heavy (non-hydrogen) atoms. The Bertz CT molecular complexity index is 421. The Labute approximate surface area is 105 Å². The fourth-order valence-corrected chi connectivity index (χ4v) is 1.45. The molecule has 0 saturated carbocycles. The predicted molar refractivity (Wildman–Crippen MR) is 64.2 cm³/mol. The largest absolute Gasteiger partial charge is 0.504 e. The zero-order valence-corrected chi connectivity index (χ0v) is 10.3. The first-order valence-electron chi connectivity index (χ1n) is 5.48. The minimum Gasteiger partial charge on any atom is -0.504 e. The number of hydrogen-bond donors (Lipinski definition) is 3. The van der Waals surface area contributed by atoms with E-state index in [1.165, 1.54) is 25.3 Å². The van der Waals surface area contributed by atoms with Crippen LogP contribution < -0.4 is 10.5 Å². The van der Waals surface area contributed by atoms with E-state index >= 15 is 0 Å². The molecule has 6 heteroatoms. The first-order valence-corrected chi connectivity index (χ1v) is 5.48. The van der Waals surface area contributed by atoms with Crippen LogP contribution in [0.4, 0.5) is 0 Å². The van der Waals surface area contributed by atoms with Crippen LogP contribution in [-0.4, -0.2) is 35.9 Å². The van der Waals surface area contributed by atoms with Crippen molar-refractivity contribution in [2.75, 3.05) is 13.7 Å². The Hall–Kier alpha value is -1.79. The molecular weight excluding hydrogens is 238 g/mol. The van der Waals surface area contributed by atoms with Crippen molar-refractivity contribution >= 4 is 5.97 Å². The Morgan fingerprint density at radius 3 is 2.72 bits per heavy atom. The standard InChI is InChI=1S/C12H17NO5/c1-3-18-12(16)10(13)11(15)7-4-5-8(14)9(6-7)17-2/h4-6,10-11,14-15H,3,13H2,1-2H3. The molecule has 0 aliphatic carbocycles. The van der Waals surface area contributed by atoms with Gasteiger partial charge in [0.1, 0.15) is 12.1 Å². The van der Waals surface area contributed by atoms with Gasteiger partial charge in [-0.2, -0.15) is 0 Å². The third-order valence-corrected chi connectivity index (χ3v) is 2.44. The number of nitrogens with two attached hydrogens (primary N) is 1. The lowest BCUT2D eigenvalue weighted by molar-refractivity contribution is -0.147. The molecule has 0 aromatic heterocycles. The first-order chi connectivity index (χ1) is 8.51. The number of carbonyl (C=O) groups excluding carboxylic acids is 1. The predicted octanol–water partition coefficient (Wildman–Crippen LogP) is 0.325. The van der Waals surface area contributed by atoms with Crippen LogP contribution in [0.15, 0.2) is 18.2 Å². The van der Waals surface area contributed by atoms with Crippen molar-refractivity contribution in [2.45, 2.75) is 19.1 Å². The van der Waals surface area contributed by atoms with Crippen molar-refractivity contribution < 1.29 is 24.5 Å². The highest BCUT2D eigenvalue weighted by atomic mass is 16.5. The van der Waals surface area contributed by atoms with E-state index in [0.29, 0.717) is 5.56 Å². The number of aromatic hydroxyl groups is 1. The van der Waals surface area contributed by atoms with Crippen molar-refractivity contribution in [2.24, 2.45) is 5.73 Å². The molecule has 6 nitrogen and oxygen atoms in total. The maximum absolute atomic E-state index is 11.4. The van der Waals surface area contributed by atoms with E-state index in [2.05, 4.69) is 0 Å². The SMILES string of the molecule is CCOC(=O)C(N)C(O)c1ccc(O)c(OC)c1. The van der Waals surface area contributed by atoms with E-state index in [-0.39, 0.29) is 18.1 Å². The van der Waals surface area contributed by atoms with Crippen molar-refractivity contribution in [1.82, 2.24) is 0 Å². The summed E-state index contributed by atoms with van der Waals surface area (Å²) < 4.78 is 9.63. The van der Waals surface area contributed by atoms with Crippen molar-refractivity contribution in [3.8, 4) is 11.5 Å². The van der Waals surface area contributed by atoms with E-state index in [9.17, 15) is 15.0 Å². The van der Waals surface area contributed by atoms with Gasteiger partial charge in [-0.25, -0.2) is 0 Å². The minimum absolute atomic E-state index is 0.0573. The molecule has 2 atom stereocenters. The molecule has 0 amide bonds. The van der Waals surface area contributed by atoms with Gasteiger partial charge in [-0.3, -0.25) is 4.79 Å². The number of aliphatic hydroxyl groups is 1. The Kier molecular flexibility index (Phi) is 4.94. The Balaban J connectivity index is 2.89. The molecule has 0 heterocycles. The summed E-state index contributed by atoms with van der Waals surface area (Å²) in [5, 5.41) is 19.4. The molecule has 0 aliphatic rings. The Morgan fingerprint density at radius 2 is 2.17 bits per heavy atom. The average molecular weight is 255 g/mol. The van der Waals surface area contributed by atoms with E-state index in [4.69, 9.17) is 15.2 Å². The number of ether oxygens (including phenoxy) is 2. The average Bonchev–Trinajstić information content (AvgIpc) is 2.38. The second-order valence-electron chi connectivity index (χ2n) is 3.65. The van der Waals surface area contributed by atoms with Gasteiger partial charge in [0.2, 0.25) is 0 Å². The van der Waals surface area contributed by atoms with Crippen molar-refractivity contribution in [3.05, 3.63) is 23.8 Å². The smallest absolute Gasteiger partial charge is 0.325 e. The highest BCUT2D eigenvalue weighted by Gasteiger charge is 2.26. The molecular formula is C12H17NO5. The maximum Gasteiger partial charge on any atom is 0.325 e. The normalized spacial score (nSPS) is 13.8. The van der Waals surface area contributed by atoms with Crippen LogP contribution in [-0.2, 0) is 9.53 Å². The molecule has 4 N–H and O–H groups in total. The molecule has 0 bridgehead atoms. The van der Waals surface area contributed by atoms with Gasteiger partial charge >= 0.3 is 5.97 Å². The van der Waals surface area contributed by atoms with Gasteiger partial charge in [0.25, 0.3) is 0 Å². The molecule has 0 saturated heterocycles. The summed E-state index contributed by atoms with van der Waals surface area (Å²) in [6, 6.07) is 3.05. The number of hydrogen-bond acceptors (Lipinski definition) is 6. The highest BCUT2D eigenvalue weighted by Crippen LogP contribution is 2.29. The topological polar surface area (TPSA) is 102 Å². The molecule has 1 rings (SSSR count). The highest BCUT2D eigenvalue weighted by molar-refractivity contribution is 5.76. The van der Waals surface area contributed by atoms with Crippen LogP contribution in [0.3, 0.4) is 0 Å². The lowest BCUT2D eigenvalue weighted by Gasteiger charge is -2.18. The van der Waals surface area contributed by atoms with E-state index in [1.54, 1.807) is 6.92 Å². The molecule has 0 radical (unpaired) electrons. The maximum atomic E-state index is 11.4. The van der Waals surface area contributed by atoms with Gasteiger partial charge in [0.05, 0.1) is 13.7 Å². The van der Waals surface area contributed by atoms with Gasteiger partial charge in [0, 0.05) is 0 Å². The minimum atomic E-state index is -1.22. The van der Waals surface area contributed by atoms with E-state index < -0.39 is 18.1 Å². The summed E-state index contributed by atoms with van der Waals surface area (Å²) >= 11 is 0. The zero-order valence-electron chi connectivity index (χ0n) is 10.3. The van der Waals surface area contributed by atoms with Gasteiger partial charge in [0.15, 0.2) is 11.5 Å². The number of esters is 1. The second-order valence-corrected chi connectivity index (χ2v) is 3.65. The molecule has 1 aromatic carbocycles. The lowest BCUT2D eigenvalue weighted by Crippen LogP contribution is -2.38. The van der Waals surface area contributed by atoms with Crippen molar-refractivity contribution in [3.63, 3.8) is 0 Å². The summed E-state index contributed by atoms with van der Waals surface area (Å²) in [6.45, 7) is 1.85. The fraction of sp³-hybridized carbons (Fsp3) is 0.417. The summed E-state index contributed by atoms with van der Waals surface area (Å²) in [5.74, 6) is -0.544. The zero-order chi connectivity index (χ0) is 13.7. The summed E-state index contributed by atoms with van der Waals surface area (Å²) in [6.07, 6.45) is -1.22. The first kappa shape index (κ1) is 14.3. The van der Waals surface area contributed by atoms with Crippen LogP contribution in [0.2, 0.25) is 0 Å². The number of methoxy groups -OCH3 is 1. The molecule has 0 aliphatic heterocycles. The summed E-state index contributed by atoms with van der Waals surface area (Å²) in [7, 11) is 1.39. The Morgan fingerprint density at radius 1 is 1.50 bits per heavy atom. The summed E-state index contributed by atoms with van der Waals surface area (Å²) in [5.41, 5.74) is 5.95. The number of benzene rings is 1. The van der Waals surface area contributed by atoms with Gasteiger partial charge in [-0.1, -0.05) is 6.07 Å². The molecule has 100 valence electrons. The van der Waals surface area contributed by atoms with Crippen molar-refractivity contribution in [1.29, 1.82) is 0 Å². The van der Waals surface area contributed by atoms with Gasteiger partial charge in [-0.05, 0) is 24.6 Å². The third-order valence-electron chi connectivity index (χ3n) is 2.44. The lowest BCUT2D eigenvalue weighted by atomic mass is 10.0. The van der Waals surface area contributed by atoms with E-state index in [0.717, 1.165) is 0 Å². The number of rotatable bonds is 5. The van der Waals surface area contributed by atoms with Gasteiger partial charge in [-0.15, -0.1) is 0 Å². The van der Waals surface area contributed by atoms with E-state index in [1.807, 2.05) is 0 Å². The van der Waals surface area contributed by atoms with Crippen LogP contribution >= 0.6 is 0 Å². The summed E-state index contributed by atoms with van der Waals surface area (Å²) in [4.78, 5) is 11.4. The molecule has 0 fully saturated rings. The number of carbonyl (C=O) groups is 1. The molecule has 2 unspecified atom stereocenters. The monoisotopic (exact) mass is 255 g/mol. The van der Waals surface area contributed by atoms with Crippen LogP contribution in [0.25, 0.3) is 0 Å². The van der Waals surface area contributed by atoms with Crippen LogP contribution in [0.5, 0.6) is 11.5 Å². The fourth-order valence-electron chi connectivity index (χ4n) is 1.45. The van der Waals surface area contributed by atoms with Crippen LogP contribution in [0, 0.1) is 0 Å².